The van der Waals surface area contributed by atoms with Crippen LogP contribution in [0.1, 0.15) is 27.2 Å². The first kappa shape index (κ1) is 13.8. The summed E-state index contributed by atoms with van der Waals surface area (Å²) in [6.07, 6.45) is 5.54. The molecule has 0 aromatic heterocycles. The Balaban J connectivity index is 0.000000583. The van der Waals surface area contributed by atoms with Crippen LogP contribution in [0.4, 0.5) is 0 Å². The predicted molar refractivity (Wildman–Crippen MR) is 57.1 cm³/mol. The zero-order valence-electron chi connectivity index (χ0n) is 9.58. The first-order chi connectivity index (χ1) is 7.02. The SMILES string of the molecule is C=C(C)C[C@]1([C@H](C)/C=C/C)CO1.O=C=O. The van der Waals surface area contributed by atoms with Gasteiger partial charge in [0, 0.05) is 5.92 Å². The van der Waals surface area contributed by atoms with Gasteiger partial charge >= 0.3 is 6.15 Å². The molecule has 0 saturated carbocycles. The molecule has 0 unspecified atom stereocenters. The third-order valence-electron chi connectivity index (χ3n) is 2.43. The first-order valence-electron chi connectivity index (χ1n) is 4.93. The molecule has 1 aliphatic rings. The molecule has 0 aromatic carbocycles. The monoisotopic (exact) mass is 210 g/mol. The van der Waals surface area contributed by atoms with Gasteiger partial charge < -0.3 is 4.74 Å². The molecule has 84 valence electrons. The predicted octanol–water partition coefficient (Wildman–Crippen LogP) is 2.35. The van der Waals surface area contributed by atoms with Gasteiger partial charge in [-0.3, -0.25) is 0 Å². The summed E-state index contributed by atoms with van der Waals surface area (Å²) >= 11 is 0. The average Bonchev–Trinajstić information content (AvgIpc) is 2.86. The van der Waals surface area contributed by atoms with E-state index in [1.165, 1.54) is 5.57 Å². The van der Waals surface area contributed by atoms with E-state index in [0.29, 0.717) is 5.92 Å². The number of ether oxygens (including phenoxy) is 1. The van der Waals surface area contributed by atoms with E-state index in [0.717, 1.165) is 13.0 Å². The van der Waals surface area contributed by atoms with E-state index in [-0.39, 0.29) is 11.8 Å². The molecule has 1 rings (SSSR count). The Hall–Kier alpha value is -1.18. The maximum Gasteiger partial charge on any atom is 0.373 e. The minimum Gasteiger partial charge on any atom is -0.369 e. The Labute approximate surface area is 90.8 Å². The van der Waals surface area contributed by atoms with Gasteiger partial charge in [-0.25, -0.2) is 0 Å². The van der Waals surface area contributed by atoms with Crippen LogP contribution in [-0.4, -0.2) is 18.4 Å². The van der Waals surface area contributed by atoms with E-state index < -0.39 is 0 Å². The third kappa shape index (κ3) is 4.73. The molecular formula is C12H18O3. The fourth-order valence-corrected chi connectivity index (χ4v) is 1.59. The highest BCUT2D eigenvalue weighted by molar-refractivity contribution is 5.20. The van der Waals surface area contributed by atoms with Crippen LogP contribution in [0.3, 0.4) is 0 Å². The van der Waals surface area contributed by atoms with Crippen molar-refractivity contribution in [2.45, 2.75) is 32.8 Å². The van der Waals surface area contributed by atoms with Gasteiger partial charge in [0.1, 0.15) is 5.60 Å². The van der Waals surface area contributed by atoms with Crippen LogP contribution in [-0.2, 0) is 14.3 Å². The second-order valence-corrected chi connectivity index (χ2v) is 3.89. The molecule has 1 aliphatic heterocycles. The van der Waals surface area contributed by atoms with Gasteiger partial charge in [0.05, 0.1) is 6.61 Å². The van der Waals surface area contributed by atoms with Gasteiger partial charge in [0.25, 0.3) is 0 Å². The average molecular weight is 210 g/mol. The lowest BCUT2D eigenvalue weighted by atomic mass is 9.89. The van der Waals surface area contributed by atoms with Crippen LogP contribution in [0, 0.1) is 5.92 Å². The van der Waals surface area contributed by atoms with Crippen LogP contribution in [0.25, 0.3) is 0 Å². The summed E-state index contributed by atoms with van der Waals surface area (Å²) < 4.78 is 5.51. The number of hydrogen-bond donors (Lipinski definition) is 0. The third-order valence-corrected chi connectivity index (χ3v) is 2.43. The van der Waals surface area contributed by atoms with Gasteiger partial charge in [-0.05, 0) is 20.3 Å². The fraction of sp³-hybridized carbons (Fsp3) is 0.583. The molecule has 0 N–H and O–H groups in total. The van der Waals surface area contributed by atoms with Crippen molar-refractivity contribution < 1.29 is 14.3 Å². The molecule has 0 bridgehead atoms. The maximum absolute atomic E-state index is 8.12. The zero-order valence-corrected chi connectivity index (χ0v) is 9.58. The Bertz CT molecular complexity index is 269. The number of rotatable bonds is 4. The molecule has 0 amide bonds. The lowest BCUT2D eigenvalue weighted by Crippen LogP contribution is -2.20. The topological polar surface area (TPSA) is 46.7 Å². The Morgan fingerprint density at radius 2 is 2.13 bits per heavy atom. The highest BCUT2D eigenvalue weighted by Gasteiger charge is 2.47. The minimum absolute atomic E-state index is 0.0956. The first-order valence-corrected chi connectivity index (χ1v) is 4.93. The molecule has 3 nitrogen and oxygen atoms in total. The van der Waals surface area contributed by atoms with Crippen molar-refractivity contribution in [1.29, 1.82) is 0 Å². The largest absolute Gasteiger partial charge is 0.373 e. The van der Waals surface area contributed by atoms with Gasteiger partial charge in [0.2, 0.25) is 0 Å². The molecule has 0 spiro atoms. The van der Waals surface area contributed by atoms with Crippen LogP contribution in [0.2, 0.25) is 0 Å². The van der Waals surface area contributed by atoms with Crippen molar-refractivity contribution in [2.24, 2.45) is 5.92 Å². The standard InChI is InChI=1S/C11H18O.CO2/c1-5-6-10(4)11(8-12-11)7-9(2)3;2-1-3/h5-6,10H,2,7-8H2,1,3-4H3;/b6-5+;/t10-,11-;/m1./s1. The minimum atomic E-state index is 0.0956. The molecule has 0 radical (unpaired) electrons. The number of allylic oxidation sites excluding steroid dienone is 1. The Morgan fingerprint density at radius 3 is 2.40 bits per heavy atom. The summed E-state index contributed by atoms with van der Waals surface area (Å²) in [6.45, 7) is 11.1. The van der Waals surface area contributed by atoms with Crippen molar-refractivity contribution in [3.8, 4) is 0 Å². The van der Waals surface area contributed by atoms with Crippen molar-refractivity contribution in [3.05, 3.63) is 24.3 Å². The molecule has 1 fully saturated rings. The fourth-order valence-electron chi connectivity index (χ4n) is 1.59. The second kappa shape index (κ2) is 6.33. The van der Waals surface area contributed by atoms with E-state index in [9.17, 15) is 0 Å². The van der Waals surface area contributed by atoms with E-state index in [2.05, 4.69) is 32.6 Å². The van der Waals surface area contributed by atoms with E-state index in [1.54, 1.807) is 0 Å². The molecule has 0 aliphatic carbocycles. The van der Waals surface area contributed by atoms with E-state index in [1.807, 2.05) is 6.92 Å². The lowest BCUT2D eigenvalue weighted by molar-refractivity contribution is -0.191. The second-order valence-electron chi connectivity index (χ2n) is 3.89. The summed E-state index contributed by atoms with van der Waals surface area (Å²) in [5, 5.41) is 0. The summed E-state index contributed by atoms with van der Waals surface area (Å²) in [5.74, 6) is 0.513. The van der Waals surface area contributed by atoms with Gasteiger partial charge in [-0.2, -0.15) is 9.59 Å². The molecule has 15 heavy (non-hydrogen) atoms. The highest BCUT2D eigenvalue weighted by atomic mass is 16.6. The molecule has 2 atom stereocenters. The van der Waals surface area contributed by atoms with Crippen LogP contribution in [0.15, 0.2) is 24.3 Å². The van der Waals surface area contributed by atoms with Crippen molar-refractivity contribution >= 4 is 6.15 Å². The number of epoxide rings is 1. The summed E-state index contributed by atoms with van der Waals surface area (Å²) in [6, 6.07) is 0. The van der Waals surface area contributed by atoms with Crippen molar-refractivity contribution in [2.75, 3.05) is 6.61 Å². The van der Waals surface area contributed by atoms with E-state index >= 15 is 0 Å². The zero-order chi connectivity index (χ0) is 11.9. The quantitative estimate of drug-likeness (QED) is 0.528. The number of hydrogen-bond acceptors (Lipinski definition) is 3. The normalized spacial score (nSPS) is 25.0. The molecule has 3 heteroatoms. The van der Waals surface area contributed by atoms with Crippen LogP contribution >= 0.6 is 0 Å². The van der Waals surface area contributed by atoms with Gasteiger partial charge in [-0.1, -0.05) is 24.6 Å². The van der Waals surface area contributed by atoms with Gasteiger partial charge in [-0.15, -0.1) is 6.58 Å². The number of carbonyl (C=O) groups excluding carboxylic acids is 2. The van der Waals surface area contributed by atoms with Crippen LogP contribution in [0.5, 0.6) is 0 Å². The molecule has 0 aromatic rings. The summed E-state index contributed by atoms with van der Waals surface area (Å²) in [7, 11) is 0. The Kier molecular flexibility index (Phi) is 5.83. The van der Waals surface area contributed by atoms with Crippen molar-refractivity contribution in [3.63, 3.8) is 0 Å². The maximum atomic E-state index is 8.12. The highest BCUT2D eigenvalue weighted by Crippen LogP contribution is 2.41. The Morgan fingerprint density at radius 1 is 1.67 bits per heavy atom. The molecular weight excluding hydrogens is 192 g/mol. The molecule has 1 saturated heterocycles. The van der Waals surface area contributed by atoms with E-state index in [4.69, 9.17) is 14.3 Å². The van der Waals surface area contributed by atoms with Crippen LogP contribution < -0.4 is 0 Å². The summed E-state index contributed by atoms with van der Waals surface area (Å²) in [4.78, 5) is 16.2. The summed E-state index contributed by atoms with van der Waals surface area (Å²) in [5.41, 5.74) is 1.31. The molecule has 1 heterocycles. The smallest absolute Gasteiger partial charge is 0.369 e. The van der Waals surface area contributed by atoms with Gasteiger partial charge in [0.15, 0.2) is 0 Å². The van der Waals surface area contributed by atoms with Crippen molar-refractivity contribution in [1.82, 2.24) is 0 Å². The lowest BCUT2D eigenvalue weighted by Gasteiger charge is -2.16.